The van der Waals surface area contributed by atoms with E-state index in [1.54, 1.807) is 0 Å². The smallest absolute Gasteiger partial charge is 0.445 e. The molecule has 5 heteroatoms. The Kier molecular flexibility index (Phi) is 2.83. The van der Waals surface area contributed by atoms with Gasteiger partial charge in [0.05, 0.1) is 6.10 Å². The van der Waals surface area contributed by atoms with Gasteiger partial charge in [-0.15, -0.1) is 12.1 Å². The molecule has 1 fully saturated rings. The van der Waals surface area contributed by atoms with E-state index in [0.29, 0.717) is 13.0 Å². The number of hydrogen-bond acceptors (Lipinski definition) is 1. The van der Waals surface area contributed by atoms with Crippen molar-refractivity contribution in [2.45, 2.75) is 25.4 Å². The molecule has 70 valence electrons. The standard InChI is InChI=1S/C7H11BF3O/c1-6(8(9,10)11)7-4-2-3-5-12-7/h7H,1-5H2/q-1. The molecule has 0 amide bonds. The second kappa shape index (κ2) is 3.52. The Balaban J connectivity index is 2.51. The summed E-state index contributed by atoms with van der Waals surface area (Å²) < 4.78 is 41.3. The van der Waals surface area contributed by atoms with Crippen molar-refractivity contribution in [3.63, 3.8) is 0 Å². The molecule has 1 heterocycles. The molecule has 1 aliphatic rings. The topological polar surface area (TPSA) is 9.23 Å². The summed E-state index contributed by atoms with van der Waals surface area (Å²) >= 11 is 0. The Hall–Kier alpha value is -0.445. The molecule has 0 aromatic carbocycles. The van der Waals surface area contributed by atoms with Gasteiger partial charge in [-0.05, 0) is 19.3 Å². The molecular formula is C7H11BF3O-. The summed E-state index contributed by atoms with van der Waals surface area (Å²) in [5, 5.41) is 0. The molecular weight excluding hydrogens is 168 g/mol. The lowest BCUT2D eigenvalue weighted by Crippen LogP contribution is -2.32. The third kappa shape index (κ3) is 2.27. The summed E-state index contributed by atoms with van der Waals surface area (Å²) in [5.74, 6) is 0. The van der Waals surface area contributed by atoms with Gasteiger partial charge in [-0.25, -0.2) is 0 Å². The van der Waals surface area contributed by atoms with Crippen LogP contribution in [0, 0.1) is 0 Å². The molecule has 1 aliphatic heterocycles. The van der Waals surface area contributed by atoms with Gasteiger partial charge in [-0.1, -0.05) is 0 Å². The zero-order valence-corrected chi connectivity index (χ0v) is 6.73. The molecule has 0 radical (unpaired) electrons. The van der Waals surface area contributed by atoms with E-state index in [4.69, 9.17) is 4.74 Å². The van der Waals surface area contributed by atoms with E-state index in [0.717, 1.165) is 12.8 Å². The van der Waals surface area contributed by atoms with Crippen molar-refractivity contribution in [1.29, 1.82) is 0 Å². The largest absolute Gasteiger partial charge is 0.507 e. The lowest BCUT2D eigenvalue weighted by molar-refractivity contribution is 0.0410. The Morgan fingerprint density at radius 3 is 2.42 bits per heavy atom. The van der Waals surface area contributed by atoms with Crippen molar-refractivity contribution in [2.75, 3.05) is 6.61 Å². The highest BCUT2D eigenvalue weighted by Crippen LogP contribution is 2.27. The van der Waals surface area contributed by atoms with Crippen molar-refractivity contribution in [3.05, 3.63) is 12.1 Å². The molecule has 0 saturated carbocycles. The second-order valence-corrected chi connectivity index (χ2v) is 3.00. The number of hydrogen-bond donors (Lipinski definition) is 0. The van der Waals surface area contributed by atoms with Gasteiger partial charge >= 0.3 is 6.98 Å². The van der Waals surface area contributed by atoms with Gasteiger partial charge < -0.3 is 17.7 Å². The minimum Gasteiger partial charge on any atom is -0.445 e. The van der Waals surface area contributed by atoms with E-state index in [1.165, 1.54) is 0 Å². The average Bonchev–Trinajstić information content (AvgIpc) is 2.03. The molecule has 0 N–H and O–H groups in total. The molecule has 1 unspecified atom stereocenters. The average molecular weight is 179 g/mol. The predicted molar refractivity (Wildman–Crippen MR) is 41.8 cm³/mol. The Bertz CT molecular complexity index is 172. The maximum absolute atomic E-state index is 12.1. The SMILES string of the molecule is C=C(C1CCCCO1)[B-](F)(F)F. The first-order valence-electron chi connectivity index (χ1n) is 4.02. The van der Waals surface area contributed by atoms with Crippen LogP contribution in [0.15, 0.2) is 12.1 Å². The summed E-state index contributed by atoms with van der Waals surface area (Å²) in [5.41, 5.74) is -0.685. The van der Waals surface area contributed by atoms with Crippen molar-refractivity contribution in [1.82, 2.24) is 0 Å². The summed E-state index contributed by atoms with van der Waals surface area (Å²) in [6.07, 6.45) is 1.34. The fourth-order valence-corrected chi connectivity index (χ4v) is 1.24. The zero-order valence-electron chi connectivity index (χ0n) is 6.73. The Morgan fingerprint density at radius 1 is 1.33 bits per heavy atom. The maximum atomic E-state index is 12.1. The van der Waals surface area contributed by atoms with Crippen LogP contribution in [0.2, 0.25) is 0 Å². The predicted octanol–water partition coefficient (Wildman–Crippen LogP) is 2.50. The van der Waals surface area contributed by atoms with Crippen LogP contribution in [0.5, 0.6) is 0 Å². The van der Waals surface area contributed by atoms with Gasteiger partial charge in [0.1, 0.15) is 0 Å². The van der Waals surface area contributed by atoms with Crippen LogP contribution >= 0.6 is 0 Å². The lowest BCUT2D eigenvalue weighted by atomic mass is 9.75. The van der Waals surface area contributed by atoms with E-state index in [-0.39, 0.29) is 0 Å². The minimum atomic E-state index is -4.92. The normalized spacial score (nSPS) is 25.4. The Morgan fingerprint density at radius 2 is 2.00 bits per heavy atom. The van der Waals surface area contributed by atoms with E-state index < -0.39 is 18.6 Å². The van der Waals surface area contributed by atoms with Crippen molar-refractivity contribution < 1.29 is 17.7 Å². The Labute approximate surface area is 69.6 Å². The van der Waals surface area contributed by atoms with E-state index >= 15 is 0 Å². The fraction of sp³-hybridized carbons (Fsp3) is 0.714. The highest BCUT2D eigenvalue weighted by molar-refractivity contribution is 6.66. The molecule has 0 aliphatic carbocycles. The van der Waals surface area contributed by atoms with Crippen LogP contribution in [-0.4, -0.2) is 19.7 Å². The minimum absolute atomic E-state index is 0.426. The van der Waals surface area contributed by atoms with Gasteiger partial charge in [-0.2, -0.15) is 0 Å². The third-order valence-electron chi connectivity index (χ3n) is 2.01. The zero-order chi connectivity index (χ0) is 9.19. The van der Waals surface area contributed by atoms with Crippen molar-refractivity contribution in [2.24, 2.45) is 0 Å². The quantitative estimate of drug-likeness (QED) is 0.591. The maximum Gasteiger partial charge on any atom is 0.507 e. The van der Waals surface area contributed by atoms with Crippen molar-refractivity contribution in [3.8, 4) is 0 Å². The van der Waals surface area contributed by atoms with Gasteiger partial charge in [-0.3, -0.25) is 0 Å². The molecule has 12 heavy (non-hydrogen) atoms. The third-order valence-corrected chi connectivity index (χ3v) is 2.01. The number of ether oxygens (including phenoxy) is 1. The summed E-state index contributed by atoms with van der Waals surface area (Å²) in [7, 11) is 0. The molecule has 0 aromatic rings. The molecule has 1 nitrogen and oxygen atoms in total. The number of rotatable bonds is 2. The van der Waals surface area contributed by atoms with Crippen LogP contribution in [0.3, 0.4) is 0 Å². The molecule has 0 spiro atoms. The van der Waals surface area contributed by atoms with Crippen LogP contribution < -0.4 is 0 Å². The van der Waals surface area contributed by atoms with Crippen LogP contribution in [-0.2, 0) is 4.74 Å². The highest BCUT2D eigenvalue weighted by atomic mass is 19.4. The first kappa shape index (κ1) is 9.64. The molecule has 0 bridgehead atoms. The van der Waals surface area contributed by atoms with Crippen LogP contribution in [0.4, 0.5) is 12.9 Å². The van der Waals surface area contributed by atoms with E-state index in [2.05, 4.69) is 6.58 Å². The molecule has 1 saturated heterocycles. The first-order valence-corrected chi connectivity index (χ1v) is 4.02. The molecule has 1 rings (SSSR count). The lowest BCUT2D eigenvalue weighted by Gasteiger charge is -2.30. The van der Waals surface area contributed by atoms with Crippen LogP contribution in [0.1, 0.15) is 19.3 Å². The monoisotopic (exact) mass is 179 g/mol. The molecule has 0 aromatic heterocycles. The van der Waals surface area contributed by atoms with Gasteiger partial charge in [0, 0.05) is 6.61 Å². The second-order valence-electron chi connectivity index (χ2n) is 3.00. The summed E-state index contributed by atoms with van der Waals surface area (Å²) in [4.78, 5) is 0. The van der Waals surface area contributed by atoms with E-state index in [1.807, 2.05) is 0 Å². The summed E-state index contributed by atoms with van der Waals surface area (Å²) in [6, 6.07) is 0. The van der Waals surface area contributed by atoms with Gasteiger partial charge in [0.25, 0.3) is 0 Å². The number of halogens is 3. The molecule has 1 atom stereocenters. The van der Waals surface area contributed by atoms with Crippen LogP contribution in [0.25, 0.3) is 0 Å². The fourth-order valence-electron chi connectivity index (χ4n) is 1.24. The highest BCUT2D eigenvalue weighted by Gasteiger charge is 2.33. The van der Waals surface area contributed by atoms with Gasteiger partial charge in [0.15, 0.2) is 0 Å². The first-order chi connectivity index (χ1) is 5.52. The van der Waals surface area contributed by atoms with E-state index in [9.17, 15) is 12.9 Å². The van der Waals surface area contributed by atoms with Crippen molar-refractivity contribution >= 4 is 6.98 Å². The van der Waals surface area contributed by atoms with Gasteiger partial charge in [0.2, 0.25) is 0 Å². The summed E-state index contributed by atoms with van der Waals surface area (Å²) in [6.45, 7) is -1.46.